The molecule has 1 atom stereocenters. The molecular weight excluding hydrogens is 192 g/mol. The van der Waals surface area contributed by atoms with Gasteiger partial charge in [0.05, 0.1) is 12.6 Å². The van der Waals surface area contributed by atoms with Crippen LogP contribution in [0.2, 0.25) is 0 Å². The summed E-state index contributed by atoms with van der Waals surface area (Å²) in [5.41, 5.74) is 5.21. The molecule has 0 aliphatic heterocycles. The third-order valence-corrected chi connectivity index (χ3v) is 2.70. The minimum atomic E-state index is -0.0224. The van der Waals surface area contributed by atoms with E-state index in [1.165, 1.54) is 0 Å². The lowest BCUT2D eigenvalue weighted by Gasteiger charge is -2.25. The van der Waals surface area contributed by atoms with E-state index in [1.807, 2.05) is 13.0 Å². The Labute approximate surface area is 88.6 Å². The van der Waals surface area contributed by atoms with Crippen molar-refractivity contribution in [3.05, 3.63) is 33.7 Å². The van der Waals surface area contributed by atoms with Crippen LogP contribution in [0.25, 0.3) is 0 Å². The van der Waals surface area contributed by atoms with E-state index in [0.717, 1.165) is 30.5 Å². The van der Waals surface area contributed by atoms with Gasteiger partial charge in [0.2, 0.25) is 5.56 Å². The fourth-order valence-corrected chi connectivity index (χ4v) is 2.01. The van der Waals surface area contributed by atoms with Crippen molar-refractivity contribution in [2.75, 3.05) is 6.61 Å². The van der Waals surface area contributed by atoms with Gasteiger partial charge in [0, 0.05) is 11.8 Å². The fraction of sp³-hybridized carbons (Fsp3) is 0.545. The summed E-state index contributed by atoms with van der Waals surface area (Å²) in [7, 11) is 0. The quantitative estimate of drug-likeness (QED) is 0.736. The SMILES string of the molecule is CCONC1CCCc2[nH]c(=O)ccc21. The maximum atomic E-state index is 11.2. The van der Waals surface area contributed by atoms with E-state index in [2.05, 4.69) is 10.5 Å². The number of fused-ring (bicyclic) bond motifs is 1. The van der Waals surface area contributed by atoms with Crippen LogP contribution in [0.4, 0.5) is 0 Å². The lowest BCUT2D eigenvalue weighted by Crippen LogP contribution is -2.27. The highest BCUT2D eigenvalue weighted by atomic mass is 16.6. The summed E-state index contributed by atoms with van der Waals surface area (Å²) in [6.45, 7) is 2.60. The molecule has 2 N–H and O–H groups in total. The first-order chi connectivity index (χ1) is 7.31. The summed E-state index contributed by atoms with van der Waals surface area (Å²) in [4.78, 5) is 19.3. The lowest BCUT2D eigenvalue weighted by atomic mass is 9.92. The smallest absolute Gasteiger partial charge is 0.248 e. The summed E-state index contributed by atoms with van der Waals surface area (Å²) < 4.78 is 0. The second-order valence-corrected chi connectivity index (χ2v) is 3.75. The Morgan fingerprint density at radius 2 is 2.47 bits per heavy atom. The molecule has 1 aliphatic carbocycles. The molecule has 0 spiro atoms. The number of pyridine rings is 1. The molecule has 0 amide bonds. The van der Waals surface area contributed by atoms with E-state index in [0.29, 0.717) is 6.61 Å². The highest BCUT2D eigenvalue weighted by Crippen LogP contribution is 2.27. The van der Waals surface area contributed by atoms with E-state index in [4.69, 9.17) is 4.84 Å². The minimum absolute atomic E-state index is 0.0224. The molecule has 1 unspecified atom stereocenters. The first kappa shape index (κ1) is 10.4. The number of aromatic nitrogens is 1. The first-order valence-corrected chi connectivity index (χ1v) is 5.40. The first-order valence-electron chi connectivity index (χ1n) is 5.40. The van der Waals surface area contributed by atoms with Crippen molar-refractivity contribution in [2.24, 2.45) is 0 Å². The van der Waals surface area contributed by atoms with Crippen LogP contribution in [0.5, 0.6) is 0 Å². The van der Waals surface area contributed by atoms with Crippen LogP contribution < -0.4 is 11.0 Å². The Hall–Kier alpha value is -1.13. The molecule has 1 aromatic heterocycles. The van der Waals surface area contributed by atoms with Gasteiger partial charge in [0.25, 0.3) is 0 Å². The second-order valence-electron chi connectivity index (χ2n) is 3.75. The number of aromatic amines is 1. The normalized spacial score (nSPS) is 19.9. The van der Waals surface area contributed by atoms with Crippen molar-refractivity contribution in [1.29, 1.82) is 0 Å². The molecule has 0 saturated carbocycles. The molecule has 0 bridgehead atoms. The topological polar surface area (TPSA) is 54.1 Å². The Balaban J connectivity index is 2.22. The average molecular weight is 208 g/mol. The van der Waals surface area contributed by atoms with E-state index in [-0.39, 0.29) is 11.6 Å². The zero-order valence-corrected chi connectivity index (χ0v) is 8.88. The van der Waals surface area contributed by atoms with Gasteiger partial charge in [-0.1, -0.05) is 6.07 Å². The molecule has 4 nitrogen and oxygen atoms in total. The summed E-state index contributed by atoms with van der Waals surface area (Å²) in [6, 6.07) is 3.68. The molecule has 4 heteroatoms. The fourth-order valence-electron chi connectivity index (χ4n) is 2.01. The molecule has 1 aromatic rings. The van der Waals surface area contributed by atoms with Crippen LogP contribution in [0.15, 0.2) is 16.9 Å². The van der Waals surface area contributed by atoms with Gasteiger partial charge in [-0.25, -0.2) is 0 Å². The number of aryl methyl sites for hydroxylation is 1. The van der Waals surface area contributed by atoms with Crippen molar-refractivity contribution >= 4 is 0 Å². The van der Waals surface area contributed by atoms with E-state index < -0.39 is 0 Å². The lowest BCUT2D eigenvalue weighted by molar-refractivity contribution is 0.0195. The summed E-state index contributed by atoms with van der Waals surface area (Å²) in [5.74, 6) is 0. The minimum Gasteiger partial charge on any atom is -0.326 e. The van der Waals surface area contributed by atoms with Gasteiger partial charge in [0.1, 0.15) is 0 Å². The van der Waals surface area contributed by atoms with Crippen LogP contribution in [-0.4, -0.2) is 11.6 Å². The van der Waals surface area contributed by atoms with E-state index >= 15 is 0 Å². The molecule has 82 valence electrons. The van der Waals surface area contributed by atoms with Crippen LogP contribution in [0.1, 0.15) is 37.1 Å². The molecule has 0 fully saturated rings. The monoisotopic (exact) mass is 208 g/mol. The largest absolute Gasteiger partial charge is 0.326 e. The van der Waals surface area contributed by atoms with Gasteiger partial charge in [0.15, 0.2) is 0 Å². The summed E-state index contributed by atoms with van der Waals surface area (Å²) in [5, 5.41) is 0. The van der Waals surface area contributed by atoms with Crippen molar-refractivity contribution < 1.29 is 4.84 Å². The van der Waals surface area contributed by atoms with Gasteiger partial charge in [-0.05, 0) is 31.7 Å². The average Bonchev–Trinajstić information content (AvgIpc) is 2.25. The van der Waals surface area contributed by atoms with Gasteiger partial charge in [-0.3, -0.25) is 4.79 Å². The number of hydrogen-bond acceptors (Lipinski definition) is 3. The van der Waals surface area contributed by atoms with Crippen molar-refractivity contribution in [1.82, 2.24) is 10.5 Å². The predicted octanol–water partition coefficient (Wildman–Crippen LogP) is 1.29. The van der Waals surface area contributed by atoms with E-state index in [1.54, 1.807) is 6.07 Å². The van der Waals surface area contributed by atoms with Gasteiger partial charge < -0.3 is 9.82 Å². The molecule has 1 aliphatic rings. The third-order valence-electron chi connectivity index (χ3n) is 2.70. The van der Waals surface area contributed by atoms with Gasteiger partial charge >= 0.3 is 0 Å². The zero-order valence-electron chi connectivity index (χ0n) is 8.88. The Kier molecular flexibility index (Phi) is 3.18. The molecule has 2 rings (SSSR count). The molecule has 1 heterocycles. The Bertz CT molecular complexity index is 386. The third kappa shape index (κ3) is 2.27. The molecule has 15 heavy (non-hydrogen) atoms. The second kappa shape index (κ2) is 4.59. The highest BCUT2D eigenvalue weighted by Gasteiger charge is 2.20. The Morgan fingerprint density at radius 3 is 3.27 bits per heavy atom. The van der Waals surface area contributed by atoms with Crippen LogP contribution in [-0.2, 0) is 11.3 Å². The van der Waals surface area contributed by atoms with Crippen LogP contribution in [0, 0.1) is 0 Å². The van der Waals surface area contributed by atoms with Crippen molar-refractivity contribution in [3.8, 4) is 0 Å². The maximum absolute atomic E-state index is 11.2. The zero-order chi connectivity index (χ0) is 10.7. The van der Waals surface area contributed by atoms with Gasteiger partial charge in [-0.2, -0.15) is 5.48 Å². The van der Waals surface area contributed by atoms with Crippen molar-refractivity contribution in [2.45, 2.75) is 32.2 Å². The number of H-pyrrole nitrogens is 1. The summed E-state index contributed by atoms with van der Waals surface area (Å²) >= 11 is 0. The number of rotatable bonds is 3. The van der Waals surface area contributed by atoms with Crippen LogP contribution in [0.3, 0.4) is 0 Å². The number of nitrogens with one attached hydrogen (secondary N) is 2. The molecule has 0 radical (unpaired) electrons. The molecule has 0 saturated heterocycles. The standard InChI is InChI=1S/C11H16N2O2/c1-2-15-13-10-5-3-4-9-8(10)6-7-11(14)12-9/h6-7,10,13H,2-5H2,1H3,(H,12,14). The number of hydrogen-bond donors (Lipinski definition) is 2. The maximum Gasteiger partial charge on any atom is 0.248 e. The molecular formula is C11H16N2O2. The van der Waals surface area contributed by atoms with Crippen LogP contribution >= 0.6 is 0 Å². The highest BCUT2D eigenvalue weighted by molar-refractivity contribution is 5.25. The Morgan fingerprint density at radius 1 is 1.60 bits per heavy atom. The van der Waals surface area contributed by atoms with Crippen molar-refractivity contribution in [3.63, 3.8) is 0 Å². The number of hydroxylamine groups is 1. The summed E-state index contributed by atoms with van der Waals surface area (Å²) in [6.07, 6.45) is 3.09. The van der Waals surface area contributed by atoms with E-state index in [9.17, 15) is 4.79 Å². The predicted molar refractivity (Wildman–Crippen MR) is 57.5 cm³/mol. The molecule has 0 aromatic carbocycles. The van der Waals surface area contributed by atoms with Gasteiger partial charge in [-0.15, -0.1) is 0 Å².